The third kappa shape index (κ3) is 3.12. The van der Waals surface area contributed by atoms with E-state index in [4.69, 9.17) is 15.0 Å². The molecule has 0 aromatic carbocycles. The van der Waals surface area contributed by atoms with Crippen molar-refractivity contribution >= 4 is 48.4 Å². The fourth-order valence-electron chi connectivity index (χ4n) is 5.98. The Morgan fingerprint density at radius 1 is 1.06 bits per heavy atom. The van der Waals surface area contributed by atoms with E-state index < -0.39 is 0 Å². The number of aromatic nitrogens is 6. The summed E-state index contributed by atoms with van der Waals surface area (Å²) in [5.41, 5.74) is 4.40. The van der Waals surface area contributed by atoms with Crippen molar-refractivity contribution in [2.75, 3.05) is 11.9 Å². The van der Waals surface area contributed by atoms with Gasteiger partial charge in [0.15, 0.2) is 14.8 Å². The number of anilines is 1. The number of nitrogens with one attached hydrogen (secondary N) is 3. The number of nitrogens with zero attached hydrogens (tertiary/aromatic N) is 5. The highest BCUT2D eigenvalue weighted by Gasteiger charge is 2.49. The highest BCUT2D eigenvalue weighted by atomic mass is 32.1. The number of thiazole rings is 2. The quantitative estimate of drug-likeness (QED) is 0.321. The Kier molecular flexibility index (Phi) is 4.29. The predicted octanol–water partition coefficient (Wildman–Crippen LogP) is 5.19. The predicted molar refractivity (Wildman–Crippen MR) is 139 cm³/mol. The van der Waals surface area contributed by atoms with Crippen molar-refractivity contribution in [2.24, 2.45) is 0 Å². The van der Waals surface area contributed by atoms with E-state index in [0.29, 0.717) is 6.04 Å². The second kappa shape index (κ2) is 7.10. The molecule has 2 aliphatic rings. The molecule has 5 aromatic rings. The van der Waals surface area contributed by atoms with Gasteiger partial charge in [-0.3, -0.25) is 10.1 Å². The normalized spacial score (nSPS) is 26.6. The van der Waals surface area contributed by atoms with E-state index in [-0.39, 0.29) is 11.1 Å². The molecule has 0 unspecified atom stereocenters. The SMILES string of the molecule is CN(c1nc2sc(-c3ncc(-c4cn[nH]c4)c4cc[nH]c34)nc2s1)[C@H]1C[C@]2(C)CC[C@](C)(C1)N2. The summed E-state index contributed by atoms with van der Waals surface area (Å²) < 4.78 is 0. The summed E-state index contributed by atoms with van der Waals surface area (Å²) in [4.78, 5) is 22.5. The summed E-state index contributed by atoms with van der Waals surface area (Å²) in [6, 6.07) is 2.58. The summed E-state index contributed by atoms with van der Waals surface area (Å²) in [6.07, 6.45) is 12.4. The van der Waals surface area contributed by atoms with Crippen LogP contribution in [0.3, 0.4) is 0 Å². The minimum Gasteiger partial charge on any atom is -0.359 e. The van der Waals surface area contributed by atoms with Gasteiger partial charge in [0.25, 0.3) is 0 Å². The van der Waals surface area contributed by atoms with Crippen LogP contribution < -0.4 is 10.2 Å². The largest absolute Gasteiger partial charge is 0.359 e. The molecule has 0 amide bonds. The Labute approximate surface area is 204 Å². The van der Waals surface area contributed by atoms with Crippen LogP contribution in [0.15, 0.2) is 30.9 Å². The third-order valence-corrected chi connectivity index (χ3v) is 9.75. The smallest absolute Gasteiger partial charge is 0.188 e. The number of rotatable bonds is 4. The molecule has 3 N–H and O–H groups in total. The molecule has 7 heterocycles. The molecule has 0 aliphatic carbocycles. The number of hydrogen-bond acceptors (Lipinski definition) is 8. The molecule has 34 heavy (non-hydrogen) atoms. The Hall–Kier alpha value is -2.82. The summed E-state index contributed by atoms with van der Waals surface area (Å²) in [5.74, 6) is 0. The number of pyridine rings is 1. The molecule has 2 saturated heterocycles. The summed E-state index contributed by atoms with van der Waals surface area (Å²) in [7, 11) is 2.20. The number of fused-ring (bicyclic) bond motifs is 4. The number of H-pyrrole nitrogens is 2. The zero-order chi connectivity index (χ0) is 23.1. The van der Waals surface area contributed by atoms with Crippen LogP contribution in [0.5, 0.6) is 0 Å². The summed E-state index contributed by atoms with van der Waals surface area (Å²) in [5, 5.41) is 13.9. The lowest BCUT2D eigenvalue weighted by Gasteiger charge is -2.45. The molecule has 0 radical (unpaired) electrons. The Bertz CT molecular complexity index is 1470. The van der Waals surface area contributed by atoms with E-state index in [1.54, 1.807) is 22.7 Å². The van der Waals surface area contributed by atoms with Gasteiger partial charge in [-0.1, -0.05) is 22.7 Å². The Balaban J connectivity index is 1.21. The maximum Gasteiger partial charge on any atom is 0.188 e. The second-order valence-electron chi connectivity index (χ2n) is 10.3. The minimum atomic E-state index is 0.238. The first-order chi connectivity index (χ1) is 16.4. The number of piperidine rings is 1. The van der Waals surface area contributed by atoms with Crippen LogP contribution in [0.2, 0.25) is 0 Å². The number of hydrogen-bond donors (Lipinski definition) is 3. The van der Waals surface area contributed by atoms with Gasteiger partial charge < -0.3 is 15.2 Å². The average Bonchev–Trinajstić information content (AvgIpc) is 3.60. The van der Waals surface area contributed by atoms with Gasteiger partial charge in [0.2, 0.25) is 0 Å². The molecule has 0 saturated carbocycles. The third-order valence-electron chi connectivity index (χ3n) is 7.63. The van der Waals surface area contributed by atoms with Crippen molar-refractivity contribution < 1.29 is 0 Å². The fraction of sp³-hybridized carbons (Fsp3) is 0.417. The molecule has 2 bridgehead atoms. The first kappa shape index (κ1) is 20.5. The van der Waals surface area contributed by atoms with Crippen molar-refractivity contribution in [1.82, 2.24) is 35.5 Å². The van der Waals surface area contributed by atoms with Gasteiger partial charge in [0.05, 0.1) is 11.7 Å². The van der Waals surface area contributed by atoms with E-state index in [1.807, 2.05) is 24.8 Å². The van der Waals surface area contributed by atoms with Gasteiger partial charge in [-0.05, 0) is 45.6 Å². The molecular weight excluding hydrogens is 464 g/mol. The lowest BCUT2D eigenvalue weighted by molar-refractivity contribution is 0.208. The van der Waals surface area contributed by atoms with E-state index in [9.17, 15) is 0 Å². The molecule has 3 atom stereocenters. The van der Waals surface area contributed by atoms with Crippen LogP contribution in [-0.4, -0.2) is 54.3 Å². The van der Waals surface area contributed by atoms with Crippen molar-refractivity contribution in [3.05, 3.63) is 30.9 Å². The van der Waals surface area contributed by atoms with Gasteiger partial charge >= 0.3 is 0 Å². The van der Waals surface area contributed by atoms with Crippen LogP contribution in [0.4, 0.5) is 5.13 Å². The molecule has 10 heteroatoms. The first-order valence-electron chi connectivity index (χ1n) is 11.6. The minimum absolute atomic E-state index is 0.238. The van der Waals surface area contributed by atoms with Crippen LogP contribution >= 0.6 is 22.7 Å². The Morgan fingerprint density at radius 3 is 2.59 bits per heavy atom. The molecule has 8 nitrogen and oxygen atoms in total. The highest BCUT2D eigenvalue weighted by Crippen LogP contribution is 2.45. The van der Waals surface area contributed by atoms with Crippen LogP contribution in [-0.2, 0) is 0 Å². The fourth-order valence-corrected chi connectivity index (χ4v) is 8.06. The van der Waals surface area contributed by atoms with Gasteiger partial charge in [-0.15, -0.1) is 0 Å². The monoisotopic (exact) mass is 490 g/mol. The van der Waals surface area contributed by atoms with E-state index in [1.165, 1.54) is 12.8 Å². The van der Waals surface area contributed by atoms with Crippen molar-refractivity contribution in [3.8, 4) is 21.8 Å². The summed E-state index contributed by atoms with van der Waals surface area (Å²) in [6.45, 7) is 4.75. The lowest BCUT2D eigenvalue weighted by atomic mass is 9.84. The van der Waals surface area contributed by atoms with Gasteiger partial charge in [-0.25, -0.2) is 9.97 Å². The van der Waals surface area contributed by atoms with Crippen LogP contribution in [0.25, 0.3) is 42.4 Å². The second-order valence-corrected chi connectivity index (χ2v) is 12.3. The molecule has 2 fully saturated rings. The lowest BCUT2D eigenvalue weighted by Crippen LogP contribution is -2.58. The van der Waals surface area contributed by atoms with E-state index in [0.717, 1.165) is 60.4 Å². The summed E-state index contributed by atoms with van der Waals surface area (Å²) >= 11 is 3.30. The average molecular weight is 491 g/mol. The van der Waals surface area contributed by atoms with E-state index in [2.05, 4.69) is 52.4 Å². The molecule has 2 aliphatic heterocycles. The molecular formula is C24H26N8S2. The molecule has 7 rings (SSSR count). The maximum absolute atomic E-state index is 5.01. The zero-order valence-corrected chi connectivity index (χ0v) is 21.0. The highest BCUT2D eigenvalue weighted by molar-refractivity contribution is 7.29. The first-order valence-corrected chi connectivity index (χ1v) is 13.3. The Morgan fingerprint density at radius 2 is 1.85 bits per heavy atom. The van der Waals surface area contributed by atoms with Crippen molar-refractivity contribution in [2.45, 2.75) is 56.7 Å². The number of aromatic amines is 2. The van der Waals surface area contributed by atoms with Gasteiger partial charge in [0, 0.05) is 59.3 Å². The zero-order valence-electron chi connectivity index (χ0n) is 19.3. The van der Waals surface area contributed by atoms with Crippen LogP contribution in [0.1, 0.15) is 39.5 Å². The van der Waals surface area contributed by atoms with Crippen molar-refractivity contribution in [1.29, 1.82) is 0 Å². The maximum atomic E-state index is 5.01. The van der Waals surface area contributed by atoms with Crippen LogP contribution in [0, 0.1) is 0 Å². The van der Waals surface area contributed by atoms with Gasteiger partial charge in [-0.2, -0.15) is 5.10 Å². The molecule has 174 valence electrons. The van der Waals surface area contributed by atoms with Crippen molar-refractivity contribution in [3.63, 3.8) is 0 Å². The molecule has 5 aromatic heterocycles. The topological polar surface area (TPSA) is 98.4 Å². The van der Waals surface area contributed by atoms with Gasteiger partial charge in [0.1, 0.15) is 10.7 Å². The van der Waals surface area contributed by atoms with E-state index >= 15 is 0 Å². The standard InChI is InChI=1S/C24H26N8S2/c1-23-5-6-24(2,31-23)9-14(8-23)32(3)22-30-21-20(34-22)29-19(33-21)18-17-15(4-7-25-17)16(12-26-18)13-10-27-28-11-13/h4,7,10-12,14,25,31H,5-6,8-9H2,1-3H3,(H,27,28)/t14-,23-,24+. The molecule has 0 spiro atoms.